The molecule has 0 aliphatic heterocycles. The number of fused-ring (bicyclic) bond motifs is 1. The van der Waals surface area contributed by atoms with Crippen LogP contribution in [0.5, 0.6) is 0 Å². The standard InChI is InChI=1S/C14H19N5/c1-10-15-7-6-11(18-10)8-16-13-4-3-5-14-12(13)9-17-19(14)2/h6-7,9,13,16H,3-5,8H2,1-2H3. The van der Waals surface area contributed by atoms with E-state index in [4.69, 9.17) is 0 Å². The molecule has 0 aromatic carbocycles. The van der Waals surface area contributed by atoms with E-state index in [1.807, 2.05) is 37.1 Å². The summed E-state index contributed by atoms with van der Waals surface area (Å²) in [6.07, 6.45) is 7.33. The largest absolute Gasteiger partial charge is 0.304 e. The Hall–Kier alpha value is -1.75. The summed E-state index contributed by atoms with van der Waals surface area (Å²) < 4.78 is 2.00. The summed E-state index contributed by atoms with van der Waals surface area (Å²) in [6.45, 7) is 2.70. The second kappa shape index (κ2) is 5.09. The van der Waals surface area contributed by atoms with Gasteiger partial charge in [-0.05, 0) is 32.3 Å². The van der Waals surface area contributed by atoms with Crippen LogP contribution < -0.4 is 5.32 Å². The molecule has 2 aromatic heterocycles. The molecular formula is C14H19N5. The van der Waals surface area contributed by atoms with Gasteiger partial charge in [-0.2, -0.15) is 5.10 Å². The summed E-state index contributed by atoms with van der Waals surface area (Å²) in [7, 11) is 2.02. The zero-order chi connectivity index (χ0) is 13.2. The topological polar surface area (TPSA) is 55.6 Å². The van der Waals surface area contributed by atoms with Gasteiger partial charge in [-0.15, -0.1) is 0 Å². The molecule has 1 N–H and O–H groups in total. The van der Waals surface area contributed by atoms with Gasteiger partial charge in [0.15, 0.2) is 0 Å². The molecule has 0 spiro atoms. The Kier molecular flexibility index (Phi) is 3.29. The zero-order valence-electron chi connectivity index (χ0n) is 11.4. The minimum Gasteiger partial charge on any atom is -0.304 e. The third-order valence-corrected chi connectivity index (χ3v) is 3.74. The Labute approximate surface area is 113 Å². The van der Waals surface area contributed by atoms with E-state index in [9.17, 15) is 0 Å². The summed E-state index contributed by atoms with van der Waals surface area (Å²) in [5.41, 5.74) is 3.76. The molecule has 1 aliphatic rings. The van der Waals surface area contributed by atoms with E-state index >= 15 is 0 Å². The molecule has 1 unspecified atom stereocenters. The molecule has 19 heavy (non-hydrogen) atoms. The lowest BCUT2D eigenvalue weighted by atomic mass is 9.93. The van der Waals surface area contributed by atoms with Crippen molar-refractivity contribution >= 4 is 0 Å². The first-order valence-corrected chi connectivity index (χ1v) is 6.76. The van der Waals surface area contributed by atoms with Crippen LogP contribution >= 0.6 is 0 Å². The van der Waals surface area contributed by atoms with Gasteiger partial charge >= 0.3 is 0 Å². The van der Waals surface area contributed by atoms with Crippen molar-refractivity contribution in [3.8, 4) is 0 Å². The maximum absolute atomic E-state index is 4.42. The average molecular weight is 257 g/mol. The van der Waals surface area contributed by atoms with Crippen molar-refractivity contribution in [2.75, 3.05) is 0 Å². The van der Waals surface area contributed by atoms with Crippen LogP contribution in [0.3, 0.4) is 0 Å². The lowest BCUT2D eigenvalue weighted by molar-refractivity contribution is 0.449. The van der Waals surface area contributed by atoms with E-state index in [0.29, 0.717) is 6.04 Å². The Morgan fingerprint density at radius 3 is 3.21 bits per heavy atom. The number of aromatic nitrogens is 4. The molecule has 5 heteroatoms. The van der Waals surface area contributed by atoms with Gasteiger partial charge in [0, 0.05) is 37.1 Å². The van der Waals surface area contributed by atoms with Crippen molar-refractivity contribution in [1.82, 2.24) is 25.1 Å². The molecule has 0 saturated carbocycles. The highest BCUT2D eigenvalue weighted by atomic mass is 15.3. The van der Waals surface area contributed by atoms with Crippen LogP contribution in [0.4, 0.5) is 0 Å². The zero-order valence-corrected chi connectivity index (χ0v) is 11.4. The van der Waals surface area contributed by atoms with Gasteiger partial charge in [0.05, 0.1) is 11.9 Å². The van der Waals surface area contributed by atoms with Crippen molar-refractivity contribution in [2.24, 2.45) is 7.05 Å². The molecule has 1 atom stereocenters. The van der Waals surface area contributed by atoms with Crippen molar-refractivity contribution in [2.45, 2.75) is 38.8 Å². The van der Waals surface area contributed by atoms with E-state index in [0.717, 1.165) is 24.5 Å². The first-order chi connectivity index (χ1) is 9.24. The highest BCUT2D eigenvalue weighted by Crippen LogP contribution is 2.29. The van der Waals surface area contributed by atoms with Gasteiger partial charge in [-0.1, -0.05) is 0 Å². The average Bonchev–Trinajstić information content (AvgIpc) is 2.79. The SMILES string of the molecule is Cc1nccc(CNC2CCCc3c2cnn3C)n1. The lowest BCUT2D eigenvalue weighted by Crippen LogP contribution is -2.25. The molecule has 0 saturated heterocycles. The first kappa shape index (κ1) is 12.3. The van der Waals surface area contributed by atoms with Gasteiger partial charge < -0.3 is 5.32 Å². The van der Waals surface area contributed by atoms with Crippen LogP contribution in [0.2, 0.25) is 0 Å². The monoisotopic (exact) mass is 257 g/mol. The molecular weight excluding hydrogens is 238 g/mol. The van der Waals surface area contributed by atoms with Gasteiger partial charge in [-0.3, -0.25) is 4.68 Å². The number of nitrogens with zero attached hydrogens (tertiary/aromatic N) is 4. The minimum atomic E-state index is 0.396. The molecule has 100 valence electrons. The minimum absolute atomic E-state index is 0.396. The van der Waals surface area contributed by atoms with Gasteiger partial charge in [0.1, 0.15) is 5.82 Å². The Morgan fingerprint density at radius 2 is 2.37 bits per heavy atom. The summed E-state index contributed by atoms with van der Waals surface area (Å²) in [4.78, 5) is 8.55. The number of aryl methyl sites for hydroxylation is 2. The molecule has 0 bridgehead atoms. The van der Waals surface area contributed by atoms with Crippen LogP contribution in [0.25, 0.3) is 0 Å². The number of hydrogen-bond acceptors (Lipinski definition) is 4. The van der Waals surface area contributed by atoms with Crippen molar-refractivity contribution in [3.05, 3.63) is 41.2 Å². The molecule has 0 radical (unpaired) electrons. The molecule has 3 rings (SSSR count). The van der Waals surface area contributed by atoms with Gasteiger partial charge in [-0.25, -0.2) is 9.97 Å². The molecule has 2 heterocycles. The van der Waals surface area contributed by atoms with Gasteiger partial charge in [0.2, 0.25) is 0 Å². The summed E-state index contributed by atoms with van der Waals surface area (Å²) in [5.74, 6) is 0.824. The second-order valence-electron chi connectivity index (χ2n) is 5.09. The predicted molar refractivity (Wildman–Crippen MR) is 72.5 cm³/mol. The Balaban J connectivity index is 1.71. The first-order valence-electron chi connectivity index (χ1n) is 6.76. The fourth-order valence-electron chi connectivity index (χ4n) is 2.75. The van der Waals surface area contributed by atoms with Crippen LogP contribution in [0, 0.1) is 6.92 Å². The van der Waals surface area contributed by atoms with E-state index < -0.39 is 0 Å². The Morgan fingerprint density at radius 1 is 1.47 bits per heavy atom. The van der Waals surface area contributed by atoms with Crippen LogP contribution in [0.15, 0.2) is 18.5 Å². The van der Waals surface area contributed by atoms with Crippen molar-refractivity contribution < 1.29 is 0 Å². The fraction of sp³-hybridized carbons (Fsp3) is 0.500. The van der Waals surface area contributed by atoms with Crippen LogP contribution in [-0.2, 0) is 20.0 Å². The second-order valence-corrected chi connectivity index (χ2v) is 5.09. The van der Waals surface area contributed by atoms with Crippen molar-refractivity contribution in [3.63, 3.8) is 0 Å². The highest BCUT2D eigenvalue weighted by molar-refractivity contribution is 5.24. The van der Waals surface area contributed by atoms with Gasteiger partial charge in [0.25, 0.3) is 0 Å². The van der Waals surface area contributed by atoms with Crippen molar-refractivity contribution in [1.29, 1.82) is 0 Å². The highest BCUT2D eigenvalue weighted by Gasteiger charge is 2.22. The molecule has 2 aromatic rings. The van der Waals surface area contributed by atoms with Crippen LogP contribution in [-0.4, -0.2) is 19.7 Å². The maximum Gasteiger partial charge on any atom is 0.125 e. The molecule has 0 amide bonds. The quantitative estimate of drug-likeness (QED) is 0.909. The number of nitrogens with one attached hydrogen (secondary N) is 1. The third-order valence-electron chi connectivity index (χ3n) is 3.74. The smallest absolute Gasteiger partial charge is 0.125 e. The Bertz CT molecular complexity index is 575. The van der Waals surface area contributed by atoms with E-state index in [1.54, 1.807) is 0 Å². The van der Waals surface area contributed by atoms with E-state index in [-0.39, 0.29) is 0 Å². The van der Waals surface area contributed by atoms with Crippen LogP contribution in [0.1, 0.15) is 41.7 Å². The summed E-state index contributed by atoms with van der Waals surface area (Å²) in [5, 5.41) is 7.96. The number of hydrogen-bond donors (Lipinski definition) is 1. The molecule has 1 aliphatic carbocycles. The lowest BCUT2D eigenvalue weighted by Gasteiger charge is -2.23. The maximum atomic E-state index is 4.42. The summed E-state index contributed by atoms with van der Waals surface area (Å²) in [6, 6.07) is 2.36. The fourth-order valence-corrected chi connectivity index (χ4v) is 2.75. The predicted octanol–water partition coefficient (Wildman–Crippen LogP) is 1.69. The van der Waals surface area contributed by atoms with E-state index in [2.05, 4.69) is 20.4 Å². The molecule has 0 fully saturated rings. The number of rotatable bonds is 3. The molecule has 5 nitrogen and oxygen atoms in total. The van der Waals surface area contributed by atoms with E-state index in [1.165, 1.54) is 24.1 Å². The normalized spacial score (nSPS) is 18.3. The summed E-state index contributed by atoms with van der Waals surface area (Å²) >= 11 is 0. The third kappa shape index (κ3) is 2.51.